The standard InChI is InChI=1S/C28H35N5O2S/c1-20-19-24(21(2)33(20)23-10-8-22(9-11-23)31-14-17-35-18-15-31)27-26(25-7-4-5-12-29-25)30-28(36)32(27)13-6-16-34-3/h4-5,7-12,19,26-27H,6,13-18H2,1-3H3,(H,30,36)/t26-,27-/m0/s1. The molecule has 0 unspecified atom stereocenters. The molecule has 2 aliphatic rings. The van der Waals surface area contributed by atoms with Gasteiger partial charge in [-0.25, -0.2) is 0 Å². The molecule has 0 saturated carbocycles. The molecule has 3 aromatic rings. The first-order valence-corrected chi connectivity index (χ1v) is 13.1. The third-order valence-corrected chi connectivity index (χ3v) is 7.57. The molecule has 36 heavy (non-hydrogen) atoms. The van der Waals surface area contributed by atoms with Gasteiger partial charge in [0.15, 0.2) is 5.11 Å². The number of morpholine rings is 1. The molecule has 2 atom stereocenters. The topological polar surface area (TPSA) is 54.8 Å². The van der Waals surface area contributed by atoms with Crippen LogP contribution in [0.1, 0.15) is 41.1 Å². The van der Waals surface area contributed by atoms with Crippen LogP contribution in [0.4, 0.5) is 5.69 Å². The molecule has 2 aliphatic heterocycles. The van der Waals surface area contributed by atoms with Crippen LogP contribution in [0.5, 0.6) is 0 Å². The zero-order valence-corrected chi connectivity index (χ0v) is 22.1. The average molecular weight is 506 g/mol. The van der Waals surface area contributed by atoms with E-state index in [1.807, 2.05) is 18.3 Å². The molecular weight excluding hydrogens is 470 g/mol. The molecule has 7 nitrogen and oxygen atoms in total. The van der Waals surface area contributed by atoms with Gasteiger partial charge in [0.2, 0.25) is 0 Å². The van der Waals surface area contributed by atoms with E-state index >= 15 is 0 Å². The first-order valence-electron chi connectivity index (χ1n) is 12.7. The highest BCUT2D eigenvalue weighted by Gasteiger charge is 2.41. The number of nitrogens with one attached hydrogen (secondary N) is 1. The predicted molar refractivity (Wildman–Crippen MR) is 147 cm³/mol. The van der Waals surface area contributed by atoms with Crippen LogP contribution >= 0.6 is 12.2 Å². The summed E-state index contributed by atoms with van der Waals surface area (Å²) < 4.78 is 13.2. The zero-order chi connectivity index (χ0) is 25.1. The number of rotatable bonds is 8. The number of pyridine rings is 1. The zero-order valence-electron chi connectivity index (χ0n) is 21.3. The van der Waals surface area contributed by atoms with E-state index < -0.39 is 0 Å². The fourth-order valence-corrected chi connectivity index (χ4v) is 5.81. The number of hydrogen-bond donors (Lipinski definition) is 1. The van der Waals surface area contributed by atoms with Crippen LogP contribution in [0.3, 0.4) is 0 Å². The van der Waals surface area contributed by atoms with Crippen LogP contribution in [0.2, 0.25) is 0 Å². The Hall–Kier alpha value is -2.94. The Balaban J connectivity index is 1.49. The quantitative estimate of drug-likeness (QED) is 0.361. The van der Waals surface area contributed by atoms with Crippen molar-refractivity contribution in [2.45, 2.75) is 32.4 Å². The molecule has 2 aromatic heterocycles. The number of thiocarbonyl (C=S) groups is 1. The second kappa shape index (κ2) is 11.0. The van der Waals surface area contributed by atoms with Gasteiger partial charge in [-0.2, -0.15) is 0 Å². The van der Waals surface area contributed by atoms with Gasteiger partial charge in [-0.3, -0.25) is 4.98 Å². The van der Waals surface area contributed by atoms with Crippen LogP contribution in [0.25, 0.3) is 5.69 Å². The molecule has 0 spiro atoms. The monoisotopic (exact) mass is 505 g/mol. The minimum Gasteiger partial charge on any atom is -0.385 e. The number of aromatic nitrogens is 2. The van der Waals surface area contributed by atoms with Gasteiger partial charge in [-0.1, -0.05) is 6.07 Å². The van der Waals surface area contributed by atoms with Crippen LogP contribution in [-0.4, -0.2) is 66.1 Å². The fourth-order valence-electron chi connectivity index (χ4n) is 5.48. The maximum absolute atomic E-state index is 5.82. The van der Waals surface area contributed by atoms with E-state index in [-0.39, 0.29) is 12.1 Å². The van der Waals surface area contributed by atoms with Crippen molar-refractivity contribution < 1.29 is 9.47 Å². The van der Waals surface area contributed by atoms with Gasteiger partial charge in [0, 0.05) is 62.3 Å². The average Bonchev–Trinajstić information content (AvgIpc) is 3.40. The van der Waals surface area contributed by atoms with Gasteiger partial charge >= 0.3 is 0 Å². The molecule has 0 bridgehead atoms. The molecule has 2 saturated heterocycles. The number of ether oxygens (including phenoxy) is 2. The van der Waals surface area contributed by atoms with E-state index in [1.165, 1.54) is 28.3 Å². The second-order valence-corrected chi connectivity index (χ2v) is 9.83. The highest BCUT2D eigenvalue weighted by molar-refractivity contribution is 7.80. The van der Waals surface area contributed by atoms with E-state index in [0.717, 1.165) is 50.1 Å². The number of aryl methyl sites for hydroxylation is 1. The van der Waals surface area contributed by atoms with E-state index in [0.29, 0.717) is 6.61 Å². The summed E-state index contributed by atoms with van der Waals surface area (Å²) in [5.74, 6) is 0. The molecule has 0 aliphatic carbocycles. The van der Waals surface area contributed by atoms with Gasteiger partial charge in [0.1, 0.15) is 0 Å². The number of nitrogens with zero attached hydrogens (tertiary/aromatic N) is 4. The fraction of sp³-hybridized carbons (Fsp3) is 0.429. The smallest absolute Gasteiger partial charge is 0.170 e. The molecule has 1 N–H and O–H groups in total. The van der Waals surface area contributed by atoms with Crippen LogP contribution in [-0.2, 0) is 9.47 Å². The van der Waals surface area contributed by atoms with E-state index in [2.05, 4.69) is 74.9 Å². The van der Waals surface area contributed by atoms with Gasteiger partial charge in [0.05, 0.1) is 31.0 Å². The van der Waals surface area contributed by atoms with E-state index in [4.69, 9.17) is 21.7 Å². The minimum absolute atomic E-state index is 0.0149. The molecule has 4 heterocycles. The number of hydrogen-bond acceptors (Lipinski definition) is 5. The molecule has 190 valence electrons. The van der Waals surface area contributed by atoms with Gasteiger partial charge in [0.25, 0.3) is 0 Å². The summed E-state index contributed by atoms with van der Waals surface area (Å²) in [6.45, 7) is 9.37. The van der Waals surface area contributed by atoms with Gasteiger partial charge < -0.3 is 29.2 Å². The molecule has 0 radical (unpaired) electrons. The van der Waals surface area contributed by atoms with Crippen LogP contribution in [0.15, 0.2) is 54.7 Å². The first kappa shape index (κ1) is 24.7. The Morgan fingerprint density at radius 3 is 2.53 bits per heavy atom. The van der Waals surface area contributed by atoms with Gasteiger partial charge in [-0.05, 0) is 80.5 Å². The first-order chi connectivity index (χ1) is 17.6. The Kier molecular flexibility index (Phi) is 7.55. The van der Waals surface area contributed by atoms with E-state index in [1.54, 1.807) is 7.11 Å². The summed E-state index contributed by atoms with van der Waals surface area (Å²) in [6.07, 6.45) is 2.76. The van der Waals surface area contributed by atoms with Crippen molar-refractivity contribution in [2.24, 2.45) is 0 Å². The Labute approximate surface area is 219 Å². The van der Waals surface area contributed by atoms with Crippen molar-refractivity contribution in [2.75, 3.05) is 51.5 Å². The Morgan fingerprint density at radius 2 is 1.83 bits per heavy atom. The molecule has 8 heteroatoms. The van der Waals surface area contributed by atoms with Crippen molar-refractivity contribution in [1.29, 1.82) is 0 Å². The molecule has 1 aromatic carbocycles. The van der Waals surface area contributed by atoms with Gasteiger partial charge in [-0.15, -0.1) is 0 Å². The molecule has 0 amide bonds. The summed E-state index contributed by atoms with van der Waals surface area (Å²) in [5.41, 5.74) is 7.11. The Morgan fingerprint density at radius 1 is 1.08 bits per heavy atom. The van der Waals surface area contributed by atoms with Crippen molar-refractivity contribution >= 4 is 23.0 Å². The minimum atomic E-state index is -0.0149. The summed E-state index contributed by atoms with van der Waals surface area (Å²) in [4.78, 5) is 9.37. The highest BCUT2D eigenvalue weighted by Crippen LogP contribution is 2.41. The molecular formula is C28H35N5O2S. The third kappa shape index (κ3) is 4.85. The number of anilines is 1. The largest absolute Gasteiger partial charge is 0.385 e. The lowest BCUT2D eigenvalue weighted by molar-refractivity contribution is 0.122. The lowest BCUT2D eigenvalue weighted by atomic mass is 9.96. The maximum Gasteiger partial charge on any atom is 0.170 e. The summed E-state index contributed by atoms with van der Waals surface area (Å²) >= 11 is 5.82. The lowest BCUT2D eigenvalue weighted by Crippen LogP contribution is -2.36. The predicted octanol–water partition coefficient (Wildman–Crippen LogP) is 4.33. The lowest BCUT2D eigenvalue weighted by Gasteiger charge is -2.29. The molecule has 5 rings (SSSR count). The van der Waals surface area contributed by atoms with Crippen molar-refractivity contribution in [3.63, 3.8) is 0 Å². The third-order valence-electron chi connectivity index (χ3n) is 7.22. The SMILES string of the molecule is COCCCN1C(=S)N[C@@H](c2ccccn2)[C@@H]1c1cc(C)n(-c2ccc(N3CCOCC3)cc2)c1C. The van der Waals surface area contributed by atoms with Crippen molar-refractivity contribution in [3.05, 3.63) is 77.4 Å². The van der Waals surface area contributed by atoms with Crippen LogP contribution in [0, 0.1) is 13.8 Å². The van der Waals surface area contributed by atoms with E-state index in [9.17, 15) is 0 Å². The molecule has 2 fully saturated rings. The summed E-state index contributed by atoms with van der Waals surface area (Å²) in [6, 6.07) is 17.3. The van der Waals surface area contributed by atoms with Crippen molar-refractivity contribution in [3.8, 4) is 5.69 Å². The number of benzene rings is 1. The van der Waals surface area contributed by atoms with Crippen LogP contribution < -0.4 is 10.2 Å². The normalized spacial score (nSPS) is 20.1. The maximum atomic E-state index is 5.82. The van der Waals surface area contributed by atoms with Crippen molar-refractivity contribution in [1.82, 2.24) is 19.8 Å². The Bertz CT molecular complexity index is 1170. The summed E-state index contributed by atoms with van der Waals surface area (Å²) in [5, 5.41) is 4.33. The summed E-state index contributed by atoms with van der Waals surface area (Å²) in [7, 11) is 1.74. The highest BCUT2D eigenvalue weighted by atomic mass is 32.1. The second-order valence-electron chi connectivity index (χ2n) is 9.44. The number of methoxy groups -OCH3 is 1.